The van der Waals surface area contributed by atoms with Crippen LogP contribution in [0.1, 0.15) is 23.0 Å². The molecule has 2 rings (SSSR count). The van der Waals surface area contributed by atoms with Crippen molar-refractivity contribution in [2.24, 2.45) is 0 Å². The standard InChI is InChI=1S/2C10H9NO2/c2*1-13-10-4-2-8(3-5-10)9(6-11)7-12/h2*2-5,7,9H,1H3. The zero-order valence-corrected chi connectivity index (χ0v) is 14.5. The molecule has 0 aliphatic heterocycles. The number of nitrogens with zero attached hydrogens (tertiary/aromatic N) is 2. The summed E-state index contributed by atoms with van der Waals surface area (Å²) in [5, 5.41) is 17.2. The van der Waals surface area contributed by atoms with E-state index in [1.54, 1.807) is 62.8 Å². The van der Waals surface area contributed by atoms with Gasteiger partial charge >= 0.3 is 0 Å². The van der Waals surface area contributed by atoms with Gasteiger partial charge in [-0.05, 0) is 35.4 Å². The molecule has 0 aliphatic carbocycles. The van der Waals surface area contributed by atoms with E-state index in [-0.39, 0.29) is 0 Å². The highest BCUT2D eigenvalue weighted by atomic mass is 16.5. The highest BCUT2D eigenvalue weighted by molar-refractivity contribution is 5.67. The maximum absolute atomic E-state index is 10.4. The van der Waals surface area contributed by atoms with Crippen molar-refractivity contribution in [3.8, 4) is 23.6 Å². The maximum atomic E-state index is 10.4. The largest absolute Gasteiger partial charge is 0.497 e. The average Bonchev–Trinajstić information content (AvgIpc) is 2.71. The molecule has 2 unspecified atom stereocenters. The molecule has 0 saturated heterocycles. The molecule has 0 bridgehead atoms. The fourth-order valence-electron chi connectivity index (χ4n) is 1.99. The van der Waals surface area contributed by atoms with Crippen molar-refractivity contribution < 1.29 is 19.1 Å². The summed E-state index contributed by atoms with van der Waals surface area (Å²) in [4.78, 5) is 20.9. The molecule has 0 aliphatic rings. The van der Waals surface area contributed by atoms with Crippen LogP contribution in [0.25, 0.3) is 0 Å². The average molecular weight is 350 g/mol. The topological polar surface area (TPSA) is 100 Å². The Morgan fingerprint density at radius 1 is 0.731 bits per heavy atom. The van der Waals surface area contributed by atoms with Crippen LogP contribution in [0.4, 0.5) is 0 Å². The SMILES string of the molecule is COc1ccc(C(C#N)C=O)cc1.COc1ccc(C(C#N)C=O)cc1. The van der Waals surface area contributed by atoms with Crippen molar-refractivity contribution in [1.82, 2.24) is 0 Å². The second-order valence-electron chi connectivity index (χ2n) is 5.03. The lowest BCUT2D eigenvalue weighted by Crippen LogP contribution is -1.96. The third-order valence-corrected chi connectivity index (χ3v) is 3.50. The lowest BCUT2D eigenvalue weighted by Gasteiger charge is -2.02. The third kappa shape index (κ3) is 5.77. The fourth-order valence-corrected chi connectivity index (χ4v) is 1.99. The maximum Gasteiger partial charge on any atom is 0.141 e. The Bertz CT molecular complexity index is 717. The number of aldehydes is 2. The van der Waals surface area contributed by atoms with Crippen LogP contribution in [0, 0.1) is 22.7 Å². The minimum Gasteiger partial charge on any atom is -0.497 e. The number of rotatable bonds is 6. The Hall–Kier alpha value is -3.64. The molecule has 6 nitrogen and oxygen atoms in total. The Morgan fingerprint density at radius 3 is 1.23 bits per heavy atom. The van der Waals surface area contributed by atoms with E-state index in [1.807, 2.05) is 12.1 Å². The second kappa shape index (κ2) is 11.0. The molecule has 0 amide bonds. The predicted molar refractivity (Wildman–Crippen MR) is 94.8 cm³/mol. The van der Waals surface area contributed by atoms with Crippen molar-refractivity contribution in [2.75, 3.05) is 14.2 Å². The van der Waals surface area contributed by atoms with Gasteiger partial charge in [-0.2, -0.15) is 10.5 Å². The number of hydrogen-bond donors (Lipinski definition) is 0. The van der Waals surface area contributed by atoms with Gasteiger partial charge in [0.05, 0.1) is 26.4 Å². The molecule has 0 heterocycles. The number of carbonyl (C=O) groups excluding carboxylic acids is 2. The van der Waals surface area contributed by atoms with Gasteiger partial charge in [-0.25, -0.2) is 0 Å². The number of benzene rings is 2. The molecule has 26 heavy (non-hydrogen) atoms. The van der Waals surface area contributed by atoms with Gasteiger partial charge in [-0.1, -0.05) is 24.3 Å². The number of ether oxygens (including phenoxy) is 2. The van der Waals surface area contributed by atoms with Crippen LogP contribution in [-0.2, 0) is 9.59 Å². The van der Waals surface area contributed by atoms with Gasteiger partial charge in [-0.3, -0.25) is 0 Å². The summed E-state index contributed by atoms with van der Waals surface area (Å²) < 4.78 is 9.89. The molecule has 2 aromatic carbocycles. The Kier molecular flexibility index (Phi) is 8.64. The molecule has 0 saturated carbocycles. The lowest BCUT2D eigenvalue weighted by molar-refractivity contribution is -0.108. The van der Waals surface area contributed by atoms with Gasteiger partial charge in [-0.15, -0.1) is 0 Å². The first kappa shape index (κ1) is 20.4. The van der Waals surface area contributed by atoms with E-state index in [0.29, 0.717) is 35.2 Å². The van der Waals surface area contributed by atoms with Crippen molar-refractivity contribution in [3.05, 3.63) is 59.7 Å². The number of nitriles is 2. The van der Waals surface area contributed by atoms with Crippen molar-refractivity contribution in [1.29, 1.82) is 10.5 Å². The normalized spacial score (nSPS) is 11.4. The molecule has 0 radical (unpaired) electrons. The van der Waals surface area contributed by atoms with Crippen molar-refractivity contribution in [3.63, 3.8) is 0 Å². The van der Waals surface area contributed by atoms with Gasteiger partial charge in [0.1, 0.15) is 35.9 Å². The smallest absolute Gasteiger partial charge is 0.141 e. The van der Waals surface area contributed by atoms with E-state index in [0.717, 1.165) is 0 Å². The van der Waals surface area contributed by atoms with Gasteiger partial charge in [0.25, 0.3) is 0 Å². The highest BCUT2D eigenvalue weighted by Gasteiger charge is 2.08. The molecule has 2 atom stereocenters. The molecule has 6 heteroatoms. The third-order valence-electron chi connectivity index (χ3n) is 3.50. The van der Waals surface area contributed by atoms with Crippen LogP contribution in [0.5, 0.6) is 11.5 Å². The lowest BCUT2D eigenvalue weighted by atomic mass is 10.0. The van der Waals surface area contributed by atoms with E-state index in [4.69, 9.17) is 20.0 Å². The second-order valence-corrected chi connectivity index (χ2v) is 5.03. The zero-order valence-electron chi connectivity index (χ0n) is 14.5. The van der Waals surface area contributed by atoms with Crippen LogP contribution in [0.15, 0.2) is 48.5 Å². The molecular weight excluding hydrogens is 332 g/mol. The Morgan fingerprint density at radius 2 is 1.04 bits per heavy atom. The molecule has 0 fully saturated rings. The first-order chi connectivity index (χ1) is 12.6. The van der Waals surface area contributed by atoms with Gasteiger partial charge < -0.3 is 19.1 Å². The van der Waals surface area contributed by atoms with E-state index >= 15 is 0 Å². The van der Waals surface area contributed by atoms with Crippen LogP contribution >= 0.6 is 0 Å². The Labute approximate surface area is 152 Å². The van der Waals surface area contributed by atoms with Crippen LogP contribution < -0.4 is 9.47 Å². The van der Waals surface area contributed by atoms with Crippen molar-refractivity contribution in [2.45, 2.75) is 11.8 Å². The first-order valence-corrected chi connectivity index (χ1v) is 7.61. The van der Waals surface area contributed by atoms with Crippen LogP contribution in [0.3, 0.4) is 0 Å². The van der Waals surface area contributed by atoms with Gasteiger partial charge in [0.2, 0.25) is 0 Å². The van der Waals surface area contributed by atoms with E-state index in [1.165, 1.54) is 0 Å². The summed E-state index contributed by atoms with van der Waals surface area (Å²) >= 11 is 0. The van der Waals surface area contributed by atoms with Gasteiger partial charge in [0.15, 0.2) is 0 Å². The molecule has 0 aromatic heterocycles. The summed E-state index contributed by atoms with van der Waals surface area (Å²) in [5.74, 6) is 0.0782. The summed E-state index contributed by atoms with van der Waals surface area (Å²) in [7, 11) is 3.13. The summed E-state index contributed by atoms with van der Waals surface area (Å²) in [5.41, 5.74) is 1.39. The van der Waals surface area contributed by atoms with Crippen LogP contribution in [-0.4, -0.2) is 26.8 Å². The highest BCUT2D eigenvalue weighted by Crippen LogP contribution is 2.18. The summed E-state index contributed by atoms with van der Waals surface area (Å²) in [6, 6.07) is 17.5. The van der Waals surface area contributed by atoms with Crippen LogP contribution in [0.2, 0.25) is 0 Å². The van der Waals surface area contributed by atoms with E-state index in [9.17, 15) is 9.59 Å². The van der Waals surface area contributed by atoms with E-state index in [2.05, 4.69) is 0 Å². The minimum absolute atomic E-state index is 0.627. The monoisotopic (exact) mass is 350 g/mol. The molecular formula is C20H18N2O4. The number of hydrogen-bond acceptors (Lipinski definition) is 6. The molecule has 0 N–H and O–H groups in total. The molecule has 0 spiro atoms. The predicted octanol–water partition coefficient (Wildman–Crippen LogP) is 3.00. The minimum atomic E-state index is -0.675. The first-order valence-electron chi connectivity index (χ1n) is 7.61. The summed E-state index contributed by atoms with van der Waals surface area (Å²) in [6.07, 6.45) is 1.25. The summed E-state index contributed by atoms with van der Waals surface area (Å²) in [6.45, 7) is 0. The van der Waals surface area contributed by atoms with E-state index < -0.39 is 11.8 Å². The fraction of sp³-hybridized carbons (Fsp3) is 0.200. The van der Waals surface area contributed by atoms with Gasteiger partial charge in [0, 0.05) is 0 Å². The van der Waals surface area contributed by atoms with Crippen molar-refractivity contribution >= 4 is 12.6 Å². The quantitative estimate of drug-likeness (QED) is 0.742. The zero-order chi connectivity index (χ0) is 19.4. The molecule has 132 valence electrons. The number of carbonyl (C=O) groups is 2. The number of methoxy groups -OCH3 is 2. The Balaban J connectivity index is 0.000000260. The molecule has 2 aromatic rings.